The summed E-state index contributed by atoms with van der Waals surface area (Å²) in [4.78, 5) is 0. The van der Waals surface area contributed by atoms with Gasteiger partial charge in [0.05, 0.1) is 39.6 Å². The molecular weight excluding hydrogens is 260 g/mol. The van der Waals surface area contributed by atoms with Crippen molar-refractivity contribution < 1.29 is 24.1 Å². The normalized spacial score (nSPS) is 12.5. The molecule has 1 unspecified atom stereocenters. The third kappa shape index (κ3) is 8.24. The number of ether oxygens (including phenoxy) is 4. The predicted molar refractivity (Wildman–Crippen MR) is 75.5 cm³/mol. The summed E-state index contributed by atoms with van der Waals surface area (Å²) in [6, 6.07) is 9.25. The Morgan fingerprint density at radius 3 is 2.00 bits per heavy atom. The van der Waals surface area contributed by atoms with E-state index in [2.05, 4.69) is 0 Å². The lowest BCUT2D eigenvalue weighted by Crippen LogP contribution is -2.13. The molecule has 0 bridgehead atoms. The molecule has 0 saturated heterocycles. The van der Waals surface area contributed by atoms with Gasteiger partial charge in [-0.3, -0.25) is 0 Å². The lowest BCUT2D eigenvalue weighted by Gasteiger charge is -2.12. The van der Waals surface area contributed by atoms with E-state index in [-0.39, 0.29) is 0 Å². The molecular formula is C15H24O5. The van der Waals surface area contributed by atoms with Crippen molar-refractivity contribution in [2.75, 3.05) is 46.2 Å². The van der Waals surface area contributed by atoms with Gasteiger partial charge in [-0.05, 0) is 6.92 Å². The number of aliphatic hydroxyl groups is 1. The second kappa shape index (κ2) is 11.8. The molecule has 5 heteroatoms. The Kier molecular flexibility index (Phi) is 10.1. The van der Waals surface area contributed by atoms with Crippen LogP contribution in [0.15, 0.2) is 30.3 Å². The van der Waals surface area contributed by atoms with E-state index in [1.165, 1.54) is 0 Å². The van der Waals surface area contributed by atoms with Gasteiger partial charge < -0.3 is 24.1 Å². The van der Waals surface area contributed by atoms with E-state index in [0.29, 0.717) is 46.2 Å². The Labute approximate surface area is 120 Å². The maximum Gasteiger partial charge on any atom is 0.181 e. The summed E-state index contributed by atoms with van der Waals surface area (Å²) in [6.07, 6.45) is -0.901. The van der Waals surface area contributed by atoms with Crippen LogP contribution in [0.2, 0.25) is 0 Å². The SMILES string of the molecule is CCOCCOCCOCCOC(O)c1ccccc1. The van der Waals surface area contributed by atoms with E-state index < -0.39 is 6.29 Å². The van der Waals surface area contributed by atoms with E-state index in [1.54, 1.807) is 0 Å². The number of aliphatic hydroxyl groups excluding tert-OH is 1. The van der Waals surface area contributed by atoms with Crippen molar-refractivity contribution in [1.29, 1.82) is 0 Å². The molecule has 1 aromatic carbocycles. The highest BCUT2D eigenvalue weighted by Gasteiger charge is 2.05. The number of hydrogen-bond acceptors (Lipinski definition) is 5. The van der Waals surface area contributed by atoms with Crippen LogP contribution in [0.1, 0.15) is 18.8 Å². The smallest absolute Gasteiger partial charge is 0.181 e. The molecule has 1 N–H and O–H groups in total. The molecule has 0 aromatic heterocycles. The van der Waals surface area contributed by atoms with Crippen molar-refractivity contribution in [2.24, 2.45) is 0 Å². The van der Waals surface area contributed by atoms with Gasteiger partial charge in [0, 0.05) is 12.2 Å². The summed E-state index contributed by atoms with van der Waals surface area (Å²) in [5, 5.41) is 9.73. The molecule has 20 heavy (non-hydrogen) atoms. The molecule has 0 aliphatic rings. The first kappa shape index (κ1) is 17.1. The van der Waals surface area contributed by atoms with E-state index in [0.717, 1.165) is 5.56 Å². The minimum absolute atomic E-state index is 0.342. The zero-order chi connectivity index (χ0) is 14.5. The Bertz CT molecular complexity index is 317. The second-order valence-electron chi connectivity index (χ2n) is 4.06. The van der Waals surface area contributed by atoms with Gasteiger partial charge in [0.1, 0.15) is 0 Å². The fraction of sp³-hybridized carbons (Fsp3) is 0.600. The van der Waals surface area contributed by atoms with Crippen molar-refractivity contribution in [2.45, 2.75) is 13.2 Å². The van der Waals surface area contributed by atoms with E-state index in [4.69, 9.17) is 18.9 Å². The minimum atomic E-state index is -0.901. The minimum Gasteiger partial charge on any atom is -0.379 e. The molecule has 1 atom stereocenters. The van der Waals surface area contributed by atoms with Crippen molar-refractivity contribution in [3.63, 3.8) is 0 Å². The van der Waals surface area contributed by atoms with Crippen LogP contribution in [0.3, 0.4) is 0 Å². The summed E-state index contributed by atoms with van der Waals surface area (Å²) in [7, 11) is 0. The second-order valence-corrected chi connectivity index (χ2v) is 4.06. The molecule has 0 fully saturated rings. The summed E-state index contributed by atoms with van der Waals surface area (Å²) in [6.45, 7) is 5.68. The zero-order valence-corrected chi connectivity index (χ0v) is 12.0. The van der Waals surface area contributed by atoms with Crippen LogP contribution in [-0.2, 0) is 18.9 Å². The average molecular weight is 284 g/mol. The summed E-state index contributed by atoms with van der Waals surface area (Å²) in [5.74, 6) is 0. The number of rotatable bonds is 12. The fourth-order valence-corrected chi connectivity index (χ4v) is 1.52. The quantitative estimate of drug-likeness (QED) is 0.468. The van der Waals surface area contributed by atoms with Gasteiger partial charge in [-0.1, -0.05) is 30.3 Å². The highest BCUT2D eigenvalue weighted by atomic mass is 16.6. The van der Waals surface area contributed by atoms with Gasteiger partial charge >= 0.3 is 0 Å². The standard InChI is InChI=1S/C15H24O5/c1-2-17-8-9-18-10-11-19-12-13-20-15(16)14-6-4-3-5-7-14/h3-7,15-16H,2,8-13H2,1H3. The van der Waals surface area contributed by atoms with Crippen LogP contribution in [0.5, 0.6) is 0 Å². The first-order valence-corrected chi connectivity index (χ1v) is 6.92. The molecule has 0 aliphatic heterocycles. The Morgan fingerprint density at radius 1 is 0.850 bits per heavy atom. The van der Waals surface area contributed by atoms with Gasteiger partial charge in [-0.15, -0.1) is 0 Å². The van der Waals surface area contributed by atoms with Crippen molar-refractivity contribution >= 4 is 0 Å². The van der Waals surface area contributed by atoms with Crippen LogP contribution in [0.4, 0.5) is 0 Å². The Morgan fingerprint density at radius 2 is 1.40 bits per heavy atom. The molecule has 0 aliphatic carbocycles. The highest BCUT2D eigenvalue weighted by molar-refractivity contribution is 5.15. The first-order chi connectivity index (χ1) is 9.84. The zero-order valence-electron chi connectivity index (χ0n) is 12.0. The molecule has 0 heterocycles. The van der Waals surface area contributed by atoms with Crippen LogP contribution < -0.4 is 0 Å². The molecule has 0 radical (unpaired) electrons. The number of benzene rings is 1. The largest absolute Gasteiger partial charge is 0.379 e. The van der Waals surface area contributed by atoms with E-state index >= 15 is 0 Å². The summed E-state index contributed by atoms with van der Waals surface area (Å²) >= 11 is 0. The predicted octanol–water partition coefficient (Wildman–Crippen LogP) is 1.76. The van der Waals surface area contributed by atoms with E-state index in [1.807, 2.05) is 37.3 Å². The average Bonchev–Trinajstić information content (AvgIpc) is 2.50. The summed E-state index contributed by atoms with van der Waals surface area (Å²) in [5.41, 5.74) is 0.742. The van der Waals surface area contributed by atoms with Crippen molar-refractivity contribution in [3.05, 3.63) is 35.9 Å². The van der Waals surface area contributed by atoms with Gasteiger partial charge in [0.2, 0.25) is 0 Å². The lowest BCUT2D eigenvalue weighted by atomic mass is 10.2. The van der Waals surface area contributed by atoms with Crippen LogP contribution >= 0.6 is 0 Å². The van der Waals surface area contributed by atoms with Gasteiger partial charge in [0.15, 0.2) is 6.29 Å². The molecule has 0 saturated carbocycles. The van der Waals surface area contributed by atoms with Gasteiger partial charge in [0.25, 0.3) is 0 Å². The highest BCUT2D eigenvalue weighted by Crippen LogP contribution is 2.12. The molecule has 5 nitrogen and oxygen atoms in total. The third-order valence-corrected chi connectivity index (χ3v) is 2.54. The lowest BCUT2D eigenvalue weighted by molar-refractivity contribution is -0.117. The molecule has 1 aromatic rings. The fourth-order valence-electron chi connectivity index (χ4n) is 1.52. The number of hydrogen-bond donors (Lipinski definition) is 1. The van der Waals surface area contributed by atoms with Gasteiger partial charge in [-0.25, -0.2) is 0 Å². The molecule has 0 spiro atoms. The summed E-state index contributed by atoms with van der Waals surface area (Å²) < 4.78 is 21.0. The molecule has 114 valence electrons. The van der Waals surface area contributed by atoms with Crippen molar-refractivity contribution in [1.82, 2.24) is 0 Å². The van der Waals surface area contributed by atoms with Crippen LogP contribution in [0.25, 0.3) is 0 Å². The van der Waals surface area contributed by atoms with Crippen molar-refractivity contribution in [3.8, 4) is 0 Å². The van der Waals surface area contributed by atoms with Crippen LogP contribution in [0, 0.1) is 0 Å². The first-order valence-electron chi connectivity index (χ1n) is 6.92. The Hall–Kier alpha value is -0.980. The maximum atomic E-state index is 9.73. The van der Waals surface area contributed by atoms with Crippen LogP contribution in [-0.4, -0.2) is 51.4 Å². The topological polar surface area (TPSA) is 57.2 Å². The Balaban J connectivity index is 1.90. The third-order valence-electron chi connectivity index (χ3n) is 2.54. The maximum absolute atomic E-state index is 9.73. The molecule has 0 amide bonds. The monoisotopic (exact) mass is 284 g/mol. The van der Waals surface area contributed by atoms with Gasteiger partial charge in [-0.2, -0.15) is 0 Å². The van der Waals surface area contributed by atoms with E-state index in [9.17, 15) is 5.11 Å². The molecule has 1 rings (SSSR count).